The van der Waals surface area contributed by atoms with Gasteiger partial charge in [-0.2, -0.15) is 0 Å². The number of hydrogen-bond donors (Lipinski definition) is 0. The molecule has 31 heavy (non-hydrogen) atoms. The van der Waals surface area contributed by atoms with Gasteiger partial charge in [0, 0.05) is 24.5 Å². The third-order valence-electron chi connectivity index (χ3n) is 6.08. The number of fused-ring (bicyclic) bond motifs is 3. The van der Waals surface area contributed by atoms with Gasteiger partial charge < -0.3 is 4.90 Å². The molecule has 1 atom stereocenters. The maximum absolute atomic E-state index is 13.4. The number of allylic oxidation sites excluding steroid dienone is 1. The molecule has 1 amide bonds. The minimum atomic E-state index is -3.06. The maximum Gasteiger partial charge on any atom is 0.263 e. The van der Waals surface area contributed by atoms with Crippen LogP contribution in [0.1, 0.15) is 36.1 Å². The molecule has 1 unspecified atom stereocenters. The molecule has 0 bridgehead atoms. The van der Waals surface area contributed by atoms with E-state index >= 15 is 0 Å². The number of amides is 1. The van der Waals surface area contributed by atoms with Gasteiger partial charge >= 0.3 is 0 Å². The SMILES string of the molecule is C=CCn1c(SCC(=O)N(C)C2CCS(=O)(=O)C2)nc2sc3c(c2c1=O)CCCCC3. The number of aromatic nitrogens is 2. The number of carbonyl (C=O) groups is 1. The summed E-state index contributed by atoms with van der Waals surface area (Å²) in [6.45, 7) is 4.10. The molecule has 2 aliphatic rings. The van der Waals surface area contributed by atoms with E-state index in [1.165, 1.54) is 28.0 Å². The van der Waals surface area contributed by atoms with E-state index in [9.17, 15) is 18.0 Å². The summed E-state index contributed by atoms with van der Waals surface area (Å²) in [7, 11) is -1.41. The molecule has 1 aliphatic heterocycles. The lowest BCUT2D eigenvalue weighted by Crippen LogP contribution is -2.39. The second kappa shape index (κ2) is 9.07. The first-order chi connectivity index (χ1) is 14.8. The van der Waals surface area contributed by atoms with Crippen molar-refractivity contribution in [3.63, 3.8) is 0 Å². The number of thiophene rings is 1. The highest BCUT2D eigenvalue weighted by molar-refractivity contribution is 7.99. The first kappa shape index (κ1) is 22.5. The Morgan fingerprint density at radius 1 is 1.35 bits per heavy atom. The van der Waals surface area contributed by atoms with Gasteiger partial charge in [-0.05, 0) is 37.7 Å². The summed E-state index contributed by atoms with van der Waals surface area (Å²) < 4.78 is 25.1. The van der Waals surface area contributed by atoms with Gasteiger partial charge in [0.2, 0.25) is 5.91 Å². The second-order valence-electron chi connectivity index (χ2n) is 8.19. The quantitative estimate of drug-likeness (QED) is 0.273. The van der Waals surface area contributed by atoms with E-state index in [4.69, 9.17) is 4.98 Å². The number of carbonyl (C=O) groups excluding carboxylic acids is 1. The summed E-state index contributed by atoms with van der Waals surface area (Å²) in [5.74, 6) is 0.0931. The van der Waals surface area contributed by atoms with Crippen LogP contribution in [0.25, 0.3) is 10.2 Å². The van der Waals surface area contributed by atoms with Gasteiger partial charge in [-0.1, -0.05) is 24.3 Å². The van der Waals surface area contributed by atoms with Crippen molar-refractivity contribution < 1.29 is 13.2 Å². The molecule has 0 radical (unpaired) electrons. The predicted molar refractivity (Wildman–Crippen MR) is 126 cm³/mol. The van der Waals surface area contributed by atoms with Crippen molar-refractivity contribution >= 4 is 49.1 Å². The highest BCUT2D eigenvalue weighted by Crippen LogP contribution is 2.34. The molecule has 168 valence electrons. The molecule has 0 spiro atoms. The third kappa shape index (κ3) is 4.61. The molecule has 0 aromatic carbocycles. The Hall–Kier alpha value is -1.65. The van der Waals surface area contributed by atoms with Crippen LogP contribution < -0.4 is 5.56 Å². The molecule has 0 N–H and O–H groups in total. The van der Waals surface area contributed by atoms with E-state index in [-0.39, 0.29) is 34.8 Å². The first-order valence-corrected chi connectivity index (χ1v) is 14.2. The van der Waals surface area contributed by atoms with Crippen LogP contribution in [-0.4, -0.2) is 59.1 Å². The zero-order valence-corrected chi connectivity index (χ0v) is 20.1. The molecule has 1 saturated heterocycles. The lowest BCUT2D eigenvalue weighted by atomic mass is 10.1. The van der Waals surface area contributed by atoms with E-state index in [1.807, 2.05) is 0 Å². The second-order valence-corrected chi connectivity index (χ2v) is 12.4. The lowest BCUT2D eigenvalue weighted by molar-refractivity contribution is -0.128. The monoisotopic (exact) mass is 481 g/mol. The van der Waals surface area contributed by atoms with E-state index in [0.29, 0.717) is 18.1 Å². The minimum Gasteiger partial charge on any atom is -0.341 e. The normalized spacial score (nSPS) is 20.4. The van der Waals surface area contributed by atoms with Crippen LogP contribution in [0, 0.1) is 0 Å². The van der Waals surface area contributed by atoms with Gasteiger partial charge in [-0.15, -0.1) is 17.9 Å². The van der Waals surface area contributed by atoms with E-state index in [1.54, 1.807) is 29.0 Å². The van der Waals surface area contributed by atoms with Crippen LogP contribution >= 0.6 is 23.1 Å². The molecule has 1 aliphatic carbocycles. The number of thioether (sulfide) groups is 1. The Labute approximate surface area is 190 Å². The van der Waals surface area contributed by atoms with E-state index in [0.717, 1.165) is 41.5 Å². The molecule has 7 nitrogen and oxygen atoms in total. The smallest absolute Gasteiger partial charge is 0.263 e. The van der Waals surface area contributed by atoms with Gasteiger partial charge in [0.15, 0.2) is 15.0 Å². The number of sulfone groups is 1. The van der Waals surface area contributed by atoms with Crippen LogP contribution in [0.15, 0.2) is 22.6 Å². The summed E-state index contributed by atoms with van der Waals surface area (Å²) >= 11 is 2.83. The fourth-order valence-electron chi connectivity index (χ4n) is 4.31. The van der Waals surface area contributed by atoms with E-state index < -0.39 is 9.84 Å². The summed E-state index contributed by atoms with van der Waals surface area (Å²) in [5, 5.41) is 1.24. The van der Waals surface area contributed by atoms with E-state index in [2.05, 4.69) is 6.58 Å². The summed E-state index contributed by atoms with van der Waals surface area (Å²) in [6, 6.07) is -0.281. The zero-order chi connectivity index (χ0) is 22.2. The minimum absolute atomic E-state index is 0.0199. The summed E-state index contributed by atoms with van der Waals surface area (Å²) in [4.78, 5) is 34.4. The Bertz CT molecular complexity index is 1180. The molecular formula is C21H27N3O4S3. The van der Waals surface area contributed by atoms with Gasteiger partial charge in [0.1, 0.15) is 4.83 Å². The largest absolute Gasteiger partial charge is 0.341 e. The standard InChI is InChI=1S/C21H27N3O4S3/c1-3-10-24-20(26)18-15-7-5-4-6-8-16(15)30-19(18)22-21(24)29-12-17(25)23(2)14-9-11-31(27,28)13-14/h3,14H,1,4-13H2,2H3. The highest BCUT2D eigenvalue weighted by Gasteiger charge is 2.32. The number of hydrogen-bond acceptors (Lipinski definition) is 7. The topological polar surface area (TPSA) is 89.3 Å². The molecule has 10 heteroatoms. The Morgan fingerprint density at radius 3 is 2.84 bits per heavy atom. The Balaban J connectivity index is 1.59. The van der Waals surface area contributed by atoms with Crippen molar-refractivity contribution in [2.24, 2.45) is 0 Å². The number of rotatable bonds is 6. The zero-order valence-electron chi connectivity index (χ0n) is 17.6. The molecule has 3 heterocycles. The van der Waals surface area contributed by atoms with Gasteiger partial charge in [-0.25, -0.2) is 13.4 Å². The maximum atomic E-state index is 13.4. The average Bonchev–Trinajstić information content (AvgIpc) is 3.18. The molecule has 1 fully saturated rings. The van der Waals surface area contributed by atoms with Crippen LogP contribution in [0.2, 0.25) is 0 Å². The Morgan fingerprint density at radius 2 is 2.13 bits per heavy atom. The third-order valence-corrected chi connectivity index (χ3v) is 9.97. The van der Waals surface area contributed by atoms with Crippen LogP contribution in [-0.2, 0) is 34.0 Å². The number of nitrogens with zero attached hydrogens (tertiary/aromatic N) is 3. The molecule has 4 rings (SSSR count). The number of aryl methyl sites for hydroxylation is 2. The molecular weight excluding hydrogens is 454 g/mol. The summed E-state index contributed by atoms with van der Waals surface area (Å²) in [6.07, 6.45) is 7.47. The molecule has 2 aromatic heterocycles. The first-order valence-electron chi connectivity index (χ1n) is 10.6. The Kier molecular flexibility index (Phi) is 6.60. The van der Waals surface area contributed by atoms with Crippen molar-refractivity contribution in [3.05, 3.63) is 33.4 Å². The van der Waals surface area contributed by atoms with Crippen molar-refractivity contribution in [1.82, 2.24) is 14.5 Å². The van der Waals surface area contributed by atoms with Crippen LogP contribution in [0.4, 0.5) is 0 Å². The average molecular weight is 482 g/mol. The van der Waals surface area contributed by atoms with Gasteiger partial charge in [-0.3, -0.25) is 14.2 Å². The van der Waals surface area contributed by atoms with Gasteiger partial charge in [0.05, 0.1) is 22.6 Å². The lowest BCUT2D eigenvalue weighted by Gasteiger charge is -2.23. The fourth-order valence-corrected chi connectivity index (χ4v) is 8.32. The predicted octanol–water partition coefficient (Wildman–Crippen LogP) is 2.65. The van der Waals surface area contributed by atoms with Gasteiger partial charge in [0.25, 0.3) is 5.56 Å². The van der Waals surface area contributed by atoms with Crippen molar-refractivity contribution in [2.45, 2.75) is 56.3 Å². The van der Waals surface area contributed by atoms with Crippen molar-refractivity contribution in [2.75, 3.05) is 24.3 Å². The van der Waals surface area contributed by atoms with Crippen molar-refractivity contribution in [1.29, 1.82) is 0 Å². The fraction of sp³-hybridized carbons (Fsp3) is 0.571. The van der Waals surface area contributed by atoms with Crippen LogP contribution in [0.5, 0.6) is 0 Å². The van der Waals surface area contributed by atoms with Crippen LogP contribution in [0.3, 0.4) is 0 Å². The molecule has 2 aromatic rings. The summed E-state index contributed by atoms with van der Waals surface area (Å²) in [5.41, 5.74) is 1.09. The highest BCUT2D eigenvalue weighted by atomic mass is 32.2. The van der Waals surface area contributed by atoms with Crippen molar-refractivity contribution in [3.8, 4) is 0 Å². The molecule has 0 saturated carbocycles.